The quantitative estimate of drug-likeness (QED) is 0.196. The van der Waals surface area contributed by atoms with Crippen molar-refractivity contribution in [2.75, 3.05) is 37.6 Å². The maximum atomic E-state index is 14.0. The average molecular weight is 575 g/mol. The van der Waals surface area contributed by atoms with Gasteiger partial charge in [-0.15, -0.1) is 24.0 Å². The van der Waals surface area contributed by atoms with E-state index in [0.29, 0.717) is 50.7 Å². The van der Waals surface area contributed by atoms with E-state index in [1.807, 2.05) is 6.92 Å². The highest BCUT2D eigenvalue weighted by molar-refractivity contribution is 14.0. The summed E-state index contributed by atoms with van der Waals surface area (Å²) in [6, 6.07) is 9.79. The van der Waals surface area contributed by atoms with Crippen LogP contribution in [0.15, 0.2) is 47.5 Å². The predicted molar refractivity (Wildman–Crippen MR) is 135 cm³/mol. The summed E-state index contributed by atoms with van der Waals surface area (Å²) in [4.78, 5) is 18.2. The van der Waals surface area contributed by atoms with Gasteiger partial charge >= 0.3 is 0 Å². The molecule has 1 saturated heterocycles. The van der Waals surface area contributed by atoms with Gasteiger partial charge in [0.25, 0.3) is 0 Å². The molecule has 0 spiro atoms. The van der Waals surface area contributed by atoms with Gasteiger partial charge in [-0.05, 0) is 43.2 Å². The van der Waals surface area contributed by atoms with E-state index in [-0.39, 0.29) is 53.9 Å². The van der Waals surface area contributed by atoms with Crippen LogP contribution in [-0.4, -0.2) is 50.6 Å². The minimum atomic E-state index is -0.569. The van der Waals surface area contributed by atoms with Crippen molar-refractivity contribution in [3.63, 3.8) is 0 Å². The van der Waals surface area contributed by atoms with Crippen LogP contribution in [0.3, 0.4) is 0 Å². The summed E-state index contributed by atoms with van der Waals surface area (Å²) in [5.74, 6) is -1.14. The zero-order chi connectivity index (χ0) is 22.9. The predicted octanol–water partition coefficient (Wildman–Crippen LogP) is 3.21. The van der Waals surface area contributed by atoms with E-state index in [9.17, 15) is 18.0 Å². The maximum Gasteiger partial charge on any atom is 0.224 e. The maximum absolute atomic E-state index is 14.0. The first kappa shape index (κ1) is 26.7. The van der Waals surface area contributed by atoms with E-state index in [0.717, 1.165) is 0 Å². The fraction of sp³-hybridized carbons (Fsp3) is 0.391. The molecule has 0 aromatic heterocycles. The molecule has 6 nitrogen and oxygen atoms in total. The van der Waals surface area contributed by atoms with Crippen LogP contribution in [0.4, 0.5) is 18.9 Å². The molecule has 1 atom stereocenters. The van der Waals surface area contributed by atoms with Crippen molar-refractivity contribution >= 4 is 41.5 Å². The summed E-state index contributed by atoms with van der Waals surface area (Å²) >= 11 is 0. The molecule has 0 radical (unpaired) electrons. The molecule has 2 aromatic carbocycles. The molecule has 3 N–H and O–H groups in total. The van der Waals surface area contributed by atoms with Crippen LogP contribution in [0.2, 0.25) is 0 Å². The number of guanidine groups is 1. The van der Waals surface area contributed by atoms with Crippen LogP contribution >= 0.6 is 24.0 Å². The Morgan fingerprint density at radius 1 is 1.12 bits per heavy atom. The standard InChI is InChI=1S/C23H28F3N5O.HI/c1-2-27-23(29-11-10-28-21(32)14-16-5-3-6-17(24)13-16)30-18-9-12-31(15-18)22-19(25)7-4-8-20(22)26;/h3-8,13,18H,2,9-12,14-15H2,1H3,(H,28,32)(H2,27,29,30);1H. The van der Waals surface area contributed by atoms with Crippen LogP contribution in [0.5, 0.6) is 0 Å². The number of aliphatic imine (C=N–C) groups is 1. The summed E-state index contributed by atoms with van der Waals surface area (Å²) < 4.78 is 41.3. The van der Waals surface area contributed by atoms with Gasteiger partial charge in [0.2, 0.25) is 5.91 Å². The fourth-order valence-corrected chi connectivity index (χ4v) is 3.64. The zero-order valence-electron chi connectivity index (χ0n) is 18.4. The first-order valence-corrected chi connectivity index (χ1v) is 10.7. The number of benzene rings is 2. The van der Waals surface area contributed by atoms with E-state index < -0.39 is 11.6 Å². The van der Waals surface area contributed by atoms with Crippen molar-refractivity contribution < 1.29 is 18.0 Å². The van der Waals surface area contributed by atoms with Gasteiger partial charge in [0, 0.05) is 32.2 Å². The lowest BCUT2D eigenvalue weighted by molar-refractivity contribution is -0.120. The summed E-state index contributed by atoms with van der Waals surface area (Å²) in [6.45, 7) is 4.26. The van der Waals surface area contributed by atoms with Gasteiger partial charge in [0.1, 0.15) is 23.1 Å². The van der Waals surface area contributed by atoms with E-state index in [4.69, 9.17) is 0 Å². The van der Waals surface area contributed by atoms with Crippen molar-refractivity contribution in [3.8, 4) is 0 Å². The highest BCUT2D eigenvalue weighted by atomic mass is 127. The molecule has 1 unspecified atom stereocenters. The fourth-order valence-electron chi connectivity index (χ4n) is 3.64. The number of hydrogen-bond acceptors (Lipinski definition) is 3. The number of carbonyl (C=O) groups is 1. The summed E-state index contributed by atoms with van der Waals surface area (Å²) in [5, 5.41) is 9.19. The van der Waals surface area contributed by atoms with Crippen LogP contribution in [0.1, 0.15) is 18.9 Å². The molecule has 0 saturated carbocycles. The molecule has 1 aliphatic rings. The lowest BCUT2D eigenvalue weighted by Crippen LogP contribution is -2.45. The monoisotopic (exact) mass is 575 g/mol. The number of carbonyl (C=O) groups excluding carboxylic acids is 1. The lowest BCUT2D eigenvalue weighted by Gasteiger charge is -2.21. The van der Waals surface area contributed by atoms with Gasteiger partial charge in [-0.1, -0.05) is 18.2 Å². The number of anilines is 1. The largest absolute Gasteiger partial charge is 0.365 e. The summed E-state index contributed by atoms with van der Waals surface area (Å²) in [6.07, 6.45) is 0.812. The molecule has 1 amide bonds. The minimum absolute atomic E-state index is 0. The number of halogens is 4. The van der Waals surface area contributed by atoms with Crippen LogP contribution in [0, 0.1) is 17.5 Å². The van der Waals surface area contributed by atoms with E-state index in [1.54, 1.807) is 17.0 Å². The van der Waals surface area contributed by atoms with Crippen LogP contribution in [0.25, 0.3) is 0 Å². The Morgan fingerprint density at radius 3 is 2.55 bits per heavy atom. The molecule has 3 rings (SSSR count). The average Bonchev–Trinajstić information content (AvgIpc) is 3.19. The van der Waals surface area contributed by atoms with Crippen molar-refractivity contribution in [3.05, 3.63) is 65.5 Å². The summed E-state index contributed by atoms with van der Waals surface area (Å²) in [7, 11) is 0. The molecule has 1 heterocycles. The third-order valence-corrected chi connectivity index (χ3v) is 5.08. The Hall–Kier alpha value is -2.50. The molecule has 0 bridgehead atoms. The Kier molecular flexibility index (Phi) is 10.8. The highest BCUT2D eigenvalue weighted by Crippen LogP contribution is 2.26. The van der Waals surface area contributed by atoms with Gasteiger partial charge in [0.15, 0.2) is 5.96 Å². The van der Waals surface area contributed by atoms with Crippen molar-refractivity contribution in [2.24, 2.45) is 4.99 Å². The van der Waals surface area contributed by atoms with Gasteiger partial charge in [-0.3, -0.25) is 9.79 Å². The molecule has 10 heteroatoms. The van der Waals surface area contributed by atoms with E-state index in [2.05, 4.69) is 20.9 Å². The molecule has 1 fully saturated rings. The highest BCUT2D eigenvalue weighted by Gasteiger charge is 2.27. The Labute approximate surface area is 209 Å². The zero-order valence-corrected chi connectivity index (χ0v) is 20.7. The Morgan fingerprint density at radius 2 is 1.85 bits per heavy atom. The van der Waals surface area contributed by atoms with E-state index >= 15 is 0 Å². The normalized spacial score (nSPS) is 15.7. The Balaban J connectivity index is 0.00000385. The van der Waals surface area contributed by atoms with Gasteiger partial charge in [0.05, 0.1) is 13.0 Å². The topological polar surface area (TPSA) is 68.8 Å². The Bertz CT molecular complexity index is 939. The minimum Gasteiger partial charge on any atom is -0.365 e. The first-order chi connectivity index (χ1) is 15.5. The van der Waals surface area contributed by atoms with Crippen molar-refractivity contribution in [2.45, 2.75) is 25.8 Å². The van der Waals surface area contributed by atoms with E-state index in [1.165, 1.54) is 30.3 Å². The van der Waals surface area contributed by atoms with Crippen molar-refractivity contribution in [1.29, 1.82) is 0 Å². The molecular formula is C23H29F3IN5O. The van der Waals surface area contributed by atoms with Gasteiger partial charge in [-0.25, -0.2) is 13.2 Å². The second kappa shape index (κ2) is 13.3. The molecular weight excluding hydrogens is 546 g/mol. The van der Waals surface area contributed by atoms with Gasteiger partial charge < -0.3 is 20.9 Å². The number of rotatable bonds is 8. The third kappa shape index (κ3) is 8.09. The lowest BCUT2D eigenvalue weighted by atomic mass is 10.1. The molecule has 180 valence electrons. The smallest absolute Gasteiger partial charge is 0.224 e. The second-order valence-corrected chi connectivity index (χ2v) is 7.56. The van der Waals surface area contributed by atoms with Crippen LogP contribution < -0.4 is 20.9 Å². The number of nitrogens with one attached hydrogen (secondary N) is 3. The number of amides is 1. The number of para-hydroxylation sites is 1. The number of nitrogens with zero attached hydrogens (tertiary/aromatic N) is 2. The molecule has 1 aliphatic heterocycles. The molecule has 33 heavy (non-hydrogen) atoms. The molecule has 0 aliphatic carbocycles. The van der Waals surface area contributed by atoms with Gasteiger partial charge in [-0.2, -0.15) is 0 Å². The number of hydrogen-bond donors (Lipinski definition) is 3. The molecule has 2 aromatic rings. The first-order valence-electron chi connectivity index (χ1n) is 10.7. The van der Waals surface area contributed by atoms with Crippen LogP contribution in [-0.2, 0) is 11.2 Å². The SMILES string of the molecule is CCNC(=NCCNC(=O)Cc1cccc(F)c1)NC1CCN(c2c(F)cccc2F)C1.I. The summed E-state index contributed by atoms with van der Waals surface area (Å²) in [5.41, 5.74) is 0.609. The van der Waals surface area contributed by atoms with Crippen molar-refractivity contribution in [1.82, 2.24) is 16.0 Å². The second-order valence-electron chi connectivity index (χ2n) is 7.56. The third-order valence-electron chi connectivity index (χ3n) is 5.08.